The van der Waals surface area contributed by atoms with Crippen LogP contribution in [-0.4, -0.2) is 25.0 Å². The summed E-state index contributed by atoms with van der Waals surface area (Å²) in [6.45, 7) is 1.99. The highest BCUT2D eigenvalue weighted by Crippen LogP contribution is 2.40. The molecule has 0 saturated heterocycles. The van der Waals surface area contributed by atoms with Crippen LogP contribution in [0.25, 0.3) is 10.6 Å². The van der Waals surface area contributed by atoms with Crippen LogP contribution in [-0.2, 0) is 6.42 Å². The summed E-state index contributed by atoms with van der Waals surface area (Å²) in [5.74, 6) is 1.34. The Kier molecular flexibility index (Phi) is 4.24. The lowest BCUT2D eigenvalue weighted by molar-refractivity contribution is 0.356. The maximum atomic E-state index is 7.62. The van der Waals surface area contributed by atoms with Crippen LogP contribution in [0.5, 0.6) is 11.5 Å². The third kappa shape index (κ3) is 2.46. The van der Waals surface area contributed by atoms with Crippen molar-refractivity contribution in [3.8, 4) is 22.1 Å². The second-order valence-corrected chi connectivity index (χ2v) is 5.10. The van der Waals surface area contributed by atoms with E-state index < -0.39 is 0 Å². The van der Waals surface area contributed by atoms with Gasteiger partial charge in [-0.3, -0.25) is 5.41 Å². The van der Waals surface area contributed by atoms with Crippen LogP contribution < -0.4 is 15.2 Å². The summed E-state index contributed by atoms with van der Waals surface area (Å²) in [7, 11) is 3.20. The number of nitrogens with zero attached hydrogens (tertiary/aromatic N) is 1. The average Bonchev–Trinajstić information content (AvgIpc) is 2.90. The van der Waals surface area contributed by atoms with E-state index in [2.05, 4.69) is 4.98 Å². The van der Waals surface area contributed by atoms with Gasteiger partial charge in [0.05, 0.1) is 30.4 Å². The number of rotatable bonds is 5. The minimum atomic E-state index is 0.0486. The Labute approximate surface area is 121 Å². The number of nitrogens with two attached hydrogens (primary N) is 1. The molecule has 0 aliphatic carbocycles. The summed E-state index contributed by atoms with van der Waals surface area (Å²) in [6, 6.07) is 5.64. The van der Waals surface area contributed by atoms with Crippen LogP contribution in [0, 0.1) is 5.41 Å². The molecule has 1 aromatic carbocycles. The van der Waals surface area contributed by atoms with Gasteiger partial charge in [-0.05, 0) is 18.6 Å². The van der Waals surface area contributed by atoms with Crippen LogP contribution in [0.15, 0.2) is 18.2 Å². The number of methoxy groups -OCH3 is 2. The molecule has 0 bridgehead atoms. The van der Waals surface area contributed by atoms with Crippen molar-refractivity contribution in [2.24, 2.45) is 5.73 Å². The molecule has 0 saturated carbocycles. The second-order valence-electron chi connectivity index (χ2n) is 4.10. The SMILES string of the molecule is CCc1nc(-c2cccc(OC)c2OC)sc1C(=N)N. The molecule has 0 aliphatic heterocycles. The van der Waals surface area contributed by atoms with E-state index in [9.17, 15) is 0 Å². The third-order valence-electron chi connectivity index (χ3n) is 2.91. The second kappa shape index (κ2) is 5.92. The molecule has 1 heterocycles. The van der Waals surface area contributed by atoms with E-state index in [0.717, 1.165) is 22.7 Å². The van der Waals surface area contributed by atoms with Gasteiger partial charge < -0.3 is 15.2 Å². The summed E-state index contributed by atoms with van der Waals surface area (Å²) in [6.07, 6.45) is 0.734. The van der Waals surface area contributed by atoms with Crippen molar-refractivity contribution in [1.82, 2.24) is 4.98 Å². The first-order valence-corrected chi connectivity index (χ1v) is 6.99. The van der Waals surface area contributed by atoms with Gasteiger partial charge in [0, 0.05) is 0 Å². The maximum Gasteiger partial charge on any atom is 0.170 e. The first kappa shape index (κ1) is 14.3. The summed E-state index contributed by atoms with van der Waals surface area (Å²) in [5.41, 5.74) is 7.29. The number of para-hydroxylation sites is 1. The summed E-state index contributed by atoms with van der Waals surface area (Å²) < 4.78 is 10.7. The van der Waals surface area contributed by atoms with E-state index in [1.54, 1.807) is 14.2 Å². The number of hydrogen-bond acceptors (Lipinski definition) is 5. The molecule has 0 aliphatic rings. The van der Waals surface area contributed by atoms with Gasteiger partial charge in [-0.15, -0.1) is 11.3 Å². The van der Waals surface area contributed by atoms with Gasteiger partial charge in [-0.25, -0.2) is 4.98 Å². The highest BCUT2D eigenvalue weighted by molar-refractivity contribution is 7.17. The predicted molar refractivity (Wildman–Crippen MR) is 81.0 cm³/mol. The molecular formula is C14H17N3O2S. The van der Waals surface area contributed by atoms with Crippen LogP contribution in [0.1, 0.15) is 17.5 Å². The van der Waals surface area contributed by atoms with Gasteiger partial charge >= 0.3 is 0 Å². The van der Waals surface area contributed by atoms with E-state index in [1.807, 2.05) is 25.1 Å². The van der Waals surface area contributed by atoms with E-state index in [-0.39, 0.29) is 5.84 Å². The molecule has 0 unspecified atom stereocenters. The number of thiazole rings is 1. The molecule has 20 heavy (non-hydrogen) atoms. The standard InChI is InChI=1S/C14H17N3O2S/c1-4-9-12(13(15)16)20-14(17-9)8-6-5-7-10(18-2)11(8)19-3/h5-7H,4H2,1-3H3,(H3,15,16). The predicted octanol–water partition coefficient (Wildman–Crippen LogP) is 2.67. The normalized spacial score (nSPS) is 10.3. The first-order chi connectivity index (χ1) is 9.62. The lowest BCUT2D eigenvalue weighted by atomic mass is 10.2. The number of aryl methyl sites for hydroxylation is 1. The lowest BCUT2D eigenvalue weighted by Crippen LogP contribution is -2.11. The number of hydrogen-bond donors (Lipinski definition) is 2. The number of aromatic nitrogens is 1. The molecule has 0 amide bonds. The number of amidine groups is 1. The largest absolute Gasteiger partial charge is 0.493 e. The molecule has 0 fully saturated rings. The summed E-state index contributed by atoms with van der Waals surface area (Å²) >= 11 is 1.40. The Bertz CT molecular complexity index is 637. The van der Waals surface area contributed by atoms with Gasteiger partial charge in [0.25, 0.3) is 0 Å². The molecule has 0 radical (unpaired) electrons. The van der Waals surface area contributed by atoms with Crippen molar-refractivity contribution in [3.05, 3.63) is 28.8 Å². The molecule has 2 aromatic rings. The van der Waals surface area contributed by atoms with Crippen molar-refractivity contribution in [1.29, 1.82) is 5.41 Å². The highest BCUT2D eigenvalue weighted by Gasteiger charge is 2.18. The van der Waals surface area contributed by atoms with Crippen molar-refractivity contribution in [2.75, 3.05) is 14.2 Å². The van der Waals surface area contributed by atoms with E-state index in [0.29, 0.717) is 16.4 Å². The number of benzene rings is 1. The van der Waals surface area contributed by atoms with Gasteiger partial charge in [0.2, 0.25) is 0 Å². The van der Waals surface area contributed by atoms with Gasteiger partial charge in [-0.1, -0.05) is 13.0 Å². The number of nitrogens with one attached hydrogen (secondary N) is 1. The first-order valence-electron chi connectivity index (χ1n) is 6.17. The Balaban J connectivity index is 2.60. The maximum absolute atomic E-state index is 7.62. The Morgan fingerprint density at radius 2 is 2.10 bits per heavy atom. The molecule has 6 heteroatoms. The van der Waals surface area contributed by atoms with Crippen molar-refractivity contribution in [2.45, 2.75) is 13.3 Å². The van der Waals surface area contributed by atoms with E-state index in [1.165, 1.54) is 11.3 Å². The Hall–Kier alpha value is -2.08. The molecule has 0 atom stereocenters. The van der Waals surface area contributed by atoms with E-state index in [4.69, 9.17) is 20.6 Å². The Morgan fingerprint density at radius 1 is 1.35 bits per heavy atom. The zero-order valence-electron chi connectivity index (χ0n) is 11.7. The molecule has 2 rings (SSSR count). The Morgan fingerprint density at radius 3 is 2.60 bits per heavy atom. The van der Waals surface area contributed by atoms with Crippen molar-refractivity contribution >= 4 is 17.2 Å². The number of nitrogen functional groups attached to an aromatic ring is 1. The molecule has 5 nitrogen and oxygen atoms in total. The molecule has 0 spiro atoms. The fourth-order valence-corrected chi connectivity index (χ4v) is 3.01. The minimum Gasteiger partial charge on any atom is -0.493 e. The van der Waals surface area contributed by atoms with Gasteiger partial charge in [0.15, 0.2) is 11.5 Å². The fraction of sp³-hybridized carbons (Fsp3) is 0.286. The molecular weight excluding hydrogens is 274 g/mol. The monoisotopic (exact) mass is 291 g/mol. The van der Waals surface area contributed by atoms with Crippen LogP contribution in [0.3, 0.4) is 0 Å². The van der Waals surface area contributed by atoms with E-state index >= 15 is 0 Å². The van der Waals surface area contributed by atoms with Gasteiger partial charge in [0.1, 0.15) is 10.8 Å². The highest BCUT2D eigenvalue weighted by atomic mass is 32.1. The van der Waals surface area contributed by atoms with Crippen molar-refractivity contribution in [3.63, 3.8) is 0 Å². The third-order valence-corrected chi connectivity index (χ3v) is 4.07. The molecule has 1 aromatic heterocycles. The average molecular weight is 291 g/mol. The minimum absolute atomic E-state index is 0.0486. The molecule has 3 N–H and O–H groups in total. The zero-order chi connectivity index (χ0) is 14.7. The zero-order valence-corrected chi connectivity index (χ0v) is 12.5. The number of ether oxygens (including phenoxy) is 2. The van der Waals surface area contributed by atoms with Gasteiger partial charge in [-0.2, -0.15) is 0 Å². The summed E-state index contributed by atoms with van der Waals surface area (Å²) in [4.78, 5) is 5.28. The lowest BCUT2D eigenvalue weighted by Gasteiger charge is -2.10. The quantitative estimate of drug-likeness (QED) is 0.655. The topological polar surface area (TPSA) is 81.2 Å². The van der Waals surface area contributed by atoms with Crippen LogP contribution in [0.4, 0.5) is 0 Å². The van der Waals surface area contributed by atoms with Crippen LogP contribution >= 0.6 is 11.3 Å². The van der Waals surface area contributed by atoms with Crippen LogP contribution in [0.2, 0.25) is 0 Å². The smallest absolute Gasteiger partial charge is 0.170 e. The molecule has 106 valence electrons. The van der Waals surface area contributed by atoms with Crippen molar-refractivity contribution < 1.29 is 9.47 Å². The fourth-order valence-electron chi connectivity index (χ4n) is 1.97. The summed E-state index contributed by atoms with van der Waals surface area (Å²) in [5, 5.41) is 8.40.